The van der Waals surface area contributed by atoms with E-state index in [1.54, 1.807) is 12.1 Å². The molecule has 2 saturated carbocycles. The molecular formula is C34H37ClF3N7O6. The quantitative estimate of drug-likeness (QED) is 0.124. The zero-order chi connectivity index (χ0) is 36.8. The molecule has 51 heavy (non-hydrogen) atoms. The Kier molecular flexibility index (Phi) is 11.6. The molecular weight excluding hydrogens is 695 g/mol. The number of ketones is 1. The minimum absolute atomic E-state index is 0.0349. The molecule has 272 valence electrons. The second-order valence-corrected chi connectivity index (χ2v) is 13.2. The number of ether oxygens (including phenoxy) is 1. The number of nitrogens with one attached hydrogen (secondary N) is 4. The van der Waals surface area contributed by atoms with Crippen LogP contribution in [0.1, 0.15) is 74.2 Å². The fraction of sp³-hybridized carbons (Fsp3) is 0.441. The van der Waals surface area contributed by atoms with Gasteiger partial charge in [-0.2, -0.15) is 28.1 Å². The number of nitrogens with zero attached hydrogens (tertiary/aromatic N) is 3. The summed E-state index contributed by atoms with van der Waals surface area (Å²) < 4.78 is 43.6. The van der Waals surface area contributed by atoms with Crippen molar-refractivity contribution in [1.82, 2.24) is 25.6 Å². The SMILES string of the molecule is CC1CCCCC1NC(=O)C(=O)CC[C@H](NC(=O)c1ccc(Nc2nc(NC3(c4ccc(Cl)cc4)CC3)nc(OCC(F)(F)F)n2)cc1)C(=O)O. The van der Waals surface area contributed by atoms with Gasteiger partial charge in [0.2, 0.25) is 17.7 Å². The smallest absolute Gasteiger partial charge is 0.422 e. The van der Waals surface area contributed by atoms with E-state index in [1.165, 1.54) is 24.3 Å². The topological polar surface area (TPSA) is 185 Å². The second kappa shape index (κ2) is 15.9. The number of carbonyl (C=O) groups is 4. The van der Waals surface area contributed by atoms with Crippen LogP contribution in [0.15, 0.2) is 48.5 Å². The first-order valence-electron chi connectivity index (χ1n) is 16.4. The Bertz CT molecular complexity index is 1740. The highest BCUT2D eigenvalue weighted by Gasteiger charge is 2.45. The van der Waals surface area contributed by atoms with Gasteiger partial charge in [-0.15, -0.1) is 0 Å². The first kappa shape index (κ1) is 37.3. The van der Waals surface area contributed by atoms with Crippen LogP contribution in [0.2, 0.25) is 5.02 Å². The van der Waals surface area contributed by atoms with E-state index in [1.807, 2.05) is 19.1 Å². The zero-order valence-corrected chi connectivity index (χ0v) is 28.3. The van der Waals surface area contributed by atoms with E-state index in [0.29, 0.717) is 23.6 Å². The predicted molar refractivity (Wildman–Crippen MR) is 180 cm³/mol. The summed E-state index contributed by atoms with van der Waals surface area (Å²) in [5, 5.41) is 21.4. The summed E-state index contributed by atoms with van der Waals surface area (Å²) in [7, 11) is 0. The van der Waals surface area contributed by atoms with Gasteiger partial charge < -0.3 is 31.1 Å². The van der Waals surface area contributed by atoms with Crippen LogP contribution >= 0.6 is 11.6 Å². The summed E-state index contributed by atoms with van der Waals surface area (Å²) in [6, 6.07) is 10.7. The lowest BCUT2D eigenvalue weighted by Gasteiger charge is -2.29. The number of aliphatic carboxylic acids is 1. The number of anilines is 3. The number of hydrogen-bond acceptors (Lipinski definition) is 10. The van der Waals surface area contributed by atoms with Gasteiger partial charge in [0.05, 0.1) is 5.54 Å². The lowest BCUT2D eigenvalue weighted by Crippen LogP contribution is -2.45. The van der Waals surface area contributed by atoms with Crippen molar-refractivity contribution in [3.05, 3.63) is 64.7 Å². The summed E-state index contributed by atoms with van der Waals surface area (Å²) in [4.78, 5) is 61.9. The summed E-state index contributed by atoms with van der Waals surface area (Å²) >= 11 is 6.02. The third-order valence-corrected chi connectivity index (χ3v) is 9.08. The molecule has 1 heterocycles. The number of halogens is 4. The average Bonchev–Trinajstić information content (AvgIpc) is 3.86. The third-order valence-electron chi connectivity index (χ3n) is 8.83. The van der Waals surface area contributed by atoms with Gasteiger partial charge in [0.1, 0.15) is 6.04 Å². The van der Waals surface area contributed by atoms with E-state index in [4.69, 9.17) is 16.3 Å². The number of carboxylic acid groups (broad SMARTS) is 1. The summed E-state index contributed by atoms with van der Waals surface area (Å²) in [6.07, 6.45) is -0.132. The molecule has 5 rings (SSSR count). The molecule has 1 aromatic heterocycles. The van der Waals surface area contributed by atoms with Gasteiger partial charge in [0, 0.05) is 28.7 Å². The van der Waals surface area contributed by atoms with Crippen LogP contribution < -0.4 is 26.0 Å². The molecule has 2 amide bonds. The van der Waals surface area contributed by atoms with Gasteiger partial charge in [0.15, 0.2) is 6.61 Å². The van der Waals surface area contributed by atoms with E-state index in [9.17, 15) is 37.5 Å². The van der Waals surface area contributed by atoms with Gasteiger partial charge in [-0.05, 0) is 80.0 Å². The number of alkyl halides is 3. The molecule has 0 bridgehead atoms. The fourth-order valence-electron chi connectivity index (χ4n) is 5.77. The maximum absolute atomic E-state index is 12.9. The van der Waals surface area contributed by atoms with Gasteiger partial charge in [0.25, 0.3) is 11.8 Å². The second-order valence-electron chi connectivity index (χ2n) is 12.8. The Morgan fingerprint density at radius 3 is 2.27 bits per heavy atom. The largest absolute Gasteiger partial charge is 0.480 e. The van der Waals surface area contributed by atoms with Gasteiger partial charge >= 0.3 is 18.2 Å². The van der Waals surface area contributed by atoms with Gasteiger partial charge in [-0.1, -0.05) is 43.5 Å². The van der Waals surface area contributed by atoms with E-state index < -0.39 is 53.9 Å². The van der Waals surface area contributed by atoms with E-state index in [0.717, 1.165) is 31.2 Å². The minimum Gasteiger partial charge on any atom is -0.480 e. The normalized spacial score (nSPS) is 18.5. The highest BCUT2D eigenvalue weighted by atomic mass is 35.5. The summed E-state index contributed by atoms with van der Waals surface area (Å²) in [6.45, 7) is 0.385. The van der Waals surface area contributed by atoms with Crippen molar-refractivity contribution in [2.45, 2.75) is 82.1 Å². The van der Waals surface area contributed by atoms with Crippen LogP contribution in [-0.2, 0) is 19.9 Å². The molecule has 2 unspecified atom stereocenters. The lowest BCUT2D eigenvalue weighted by molar-refractivity contribution is -0.154. The maximum atomic E-state index is 12.9. The van der Waals surface area contributed by atoms with Crippen LogP contribution in [0.3, 0.4) is 0 Å². The number of hydrogen-bond donors (Lipinski definition) is 5. The number of benzene rings is 2. The summed E-state index contributed by atoms with van der Waals surface area (Å²) in [5.41, 5.74) is 0.747. The van der Waals surface area contributed by atoms with Crippen molar-refractivity contribution in [2.24, 2.45) is 5.92 Å². The van der Waals surface area contributed by atoms with Crippen molar-refractivity contribution >= 4 is 52.8 Å². The lowest BCUT2D eigenvalue weighted by atomic mass is 9.86. The third kappa shape index (κ3) is 10.5. The Morgan fingerprint density at radius 1 is 0.980 bits per heavy atom. The van der Waals surface area contributed by atoms with E-state index >= 15 is 0 Å². The first-order chi connectivity index (χ1) is 24.2. The Balaban J connectivity index is 1.21. The van der Waals surface area contributed by atoms with Crippen LogP contribution in [0.4, 0.5) is 30.8 Å². The fourth-order valence-corrected chi connectivity index (χ4v) is 5.90. The Hall–Kier alpha value is -4.99. The molecule has 13 nitrogen and oxygen atoms in total. The number of Topliss-reactive ketones (excluding diaryl/α,β-unsaturated/α-hetero) is 1. The standard InChI is InChI=1S/C34H37ClF3N7O6/c1-19-4-2-3-5-24(19)40-28(48)26(46)15-14-25(29(49)50)41-27(47)20-6-12-23(13-7-20)39-30-42-31(44-32(43-30)51-18-34(36,37)38)45-33(16-17-33)21-8-10-22(35)11-9-21/h6-13,19,24-25H,2-5,14-18H2,1H3,(H,40,48)(H,41,47)(H,49,50)(H2,39,42,43,44,45)/t19?,24?,25-/m0/s1. The molecule has 0 saturated heterocycles. The number of carbonyl (C=O) groups excluding carboxylic acids is 3. The van der Waals surface area contributed by atoms with Crippen LogP contribution in [-0.4, -0.2) is 68.5 Å². The van der Waals surface area contributed by atoms with Gasteiger partial charge in [-0.25, -0.2) is 4.79 Å². The summed E-state index contributed by atoms with van der Waals surface area (Å²) in [5.74, 6) is -3.58. The molecule has 0 radical (unpaired) electrons. The van der Waals surface area contributed by atoms with E-state index in [-0.39, 0.29) is 42.3 Å². The highest BCUT2D eigenvalue weighted by molar-refractivity contribution is 6.36. The average molecular weight is 732 g/mol. The Morgan fingerprint density at radius 2 is 1.65 bits per heavy atom. The van der Waals surface area contributed by atoms with Crippen molar-refractivity contribution in [3.8, 4) is 6.01 Å². The number of amides is 2. The molecule has 17 heteroatoms. The molecule has 5 N–H and O–H groups in total. The van der Waals surface area contributed by atoms with Crippen molar-refractivity contribution in [1.29, 1.82) is 0 Å². The monoisotopic (exact) mass is 731 g/mol. The molecule has 2 fully saturated rings. The molecule has 0 aliphatic heterocycles. The first-order valence-corrected chi connectivity index (χ1v) is 16.8. The molecule has 3 aromatic rings. The molecule has 2 aliphatic rings. The van der Waals surface area contributed by atoms with Gasteiger partial charge in [-0.3, -0.25) is 14.4 Å². The molecule has 0 spiro atoms. The van der Waals surface area contributed by atoms with E-state index in [2.05, 4.69) is 36.2 Å². The van der Waals surface area contributed by atoms with Crippen LogP contribution in [0.5, 0.6) is 6.01 Å². The number of aromatic nitrogens is 3. The molecule has 3 atom stereocenters. The highest BCUT2D eigenvalue weighted by Crippen LogP contribution is 2.48. The van der Waals surface area contributed by atoms with Crippen molar-refractivity contribution < 1.29 is 42.2 Å². The molecule has 2 aromatic carbocycles. The number of carboxylic acids is 1. The Labute approximate surface area is 296 Å². The molecule has 2 aliphatic carbocycles. The number of rotatable bonds is 15. The van der Waals surface area contributed by atoms with Crippen molar-refractivity contribution in [2.75, 3.05) is 17.2 Å². The van der Waals surface area contributed by atoms with Crippen LogP contribution in [0.25, 0.3) is 0 Å². The minimum atomic E-state index is -4.64. The zero-order valence-electron chi connectivity index (χ0n) is 27.6. The van der Waals surface area contributed by atoms with Crippen LogP contribution in [0, 0.1) is 5.92 Å². The van der Waals surface area contributed by atoms with Crippen molar-refractivity contribution in [3.63, 3.8) is 0 Å². The maximum Gasteiger partial charge on any atom is 0.422 e. The predicted octanol–water partition coefficient (Wildman–Crippen LogP) is 5.54.